The van der Waals surface area contributed by atoms with Crippen molar-refractivity contribution >= 4 is 52.2 Å². The average molecular weight is 358 g/mol. The minimum absolute atomic E-state index is 0.00891. The fourth-order valence-corrected chi connectivity index (χ4v) is 4.96. The molecule has 3 rings (SSSR count). The molecule has 0 spiro atoms. The van der Waals surface area contributed by atoms with Crippen molar-refractivity contribution in [3.8, 4) is 0 Å². The van der Waals surface area contributed by atoms with Crippen LogP contribution >= 0.6 is 46.3 Å². The lowest BCUT2D eigenvalue weighted by molar-refractivity contribution is 0.0762. The zero-order valence-corrected chi connectivity index (χ0v) is 14.5. The normalized spacial score (nSPS) is 18.2. The zero-order chi connectivity index (χ0) is 15.0. The van der Waals surface area contributed by atoms with E-state index in [1.807, 2.05) is 4.90 Å². The van der Waals surface area contributed by atoms with E-state index < -0.39 is 0 Å². The van der Waals surface area contributed by atoms with E-state index >= 15 is 0 Å². The first kappa shape index (κ1) is 15.2. The molecular formula is C15H13Cl2NOS2. The van der Waals surface area contributed by atoms with Crippen LogP contribution in [-0.4, -0.2) is 23.1 Å². The highest BCUT2D eigenvalue weighted by atomic mass is 35.5. The van der Waals surface area contributed by atoms with Gasteiger partial charge in [0.1, 0.15) is 5.37 Å². The van der Waals surface area contributed by atoms with Crippen molar-refractivity contribution in [2.45, 2.75) is 12.3 Å². The third kappa shape index (κ3) is 3.09. The molecule has 1 atom stereocenters. The summed E-state index contributed by atoms with van der Waals surface area (Å²) in [4.78, 5) is 17.1. The summed E-state index contributed by atoms with van der Waals surface area (Å²) in [6.45, 7) is 2.84. The molecule has 0 bridgehead atoms. The second kappa shape index (κ2) is 6.21. The van der Waals surface area contributed by atoms with Gasteiger partial charge in [-0.1, -0.05) is 23.2 Å². The molecule has 0 radical (unpaired) electrons. The fourth-order valence-electron chi connectivity index (χ4n) is 2.29. The number of carbonyl (C=O) groups excluding carboxylic acids is 1. The van der Waals surface area contributed by atoms with Crippen molar-refractivity contribution in [2.75, 3.05) is 12.3 Å². The minimum Gasteiger partial charge on any atom is -0.321 e. The van der Waals surface area contributed by atoms with E-state index in [0.717, 1.165) is 12.3 Å². The van der Waals surface area contributed by atoms with Gasteiger partial charge in [-0.3, -0.25) is 4.79 Å². The van der Waals surface area contributed by atoms with Gasteiger partial charge in [0.15, 0.2) is 0 Å². The second-order valence-electron chi connectivity index (χ2n) is 4.80. The summed E-state index contributed by atoms with van der Waals surface area (Å²) in [6.07, 6.45) is 0. The number of benzene rings is 1. The van der Waals surface area contributed by atoms with Gasteiger partial charge in [0.25, 0.3) is 5.91 Å². The van der Waals surface area contributed by atoms with Crippen molar-refractivity contribution in [1.29, 1.82) is 0 Å². The van der Waals surface area contributed by atoms with Crippen LogP contribution < -0.4 is 0 Å². The molecule has 1 aromatic heterocycles. The third-order valence-corrected chi connectivity index (χ3v) is 6.51. The van der Waals surface area contributed by atoms with E-state index in [-0.39, 0.29) is 11.3 Å². The van der Waals surface area contributed by atoms with E-state index in [1.54, 1.807) is 41.3 Å². The Hall–Kier alpha value is -0.680. The predicted molar refractivity (Wildman–Crippen MR) is 91.8 cm³/mol. The lowest BCUT2D eigenvalue weighted by Crippen LogP contribution is -2.30. The first-order valence-corrected chi connectivity index (χ1v) is 9.12. The number of halogens is 2. The number of carbonyl (C=O) groups is 1. The molecule has 2 nitrogen and oxygen atoms in total. The first-order chi connectivity index (χ1) is 10.1. The van der Waals surface area contributed by atoms with Crippen molar-refractivity contribution < 1.29 is 4.79 Å². The smallest absolute Gasteiger partial charge is 0.255 e. The molecule has 0 unspecified atom stereocenters. The van der Waals surface area contributed by atoms with Gasteiger partial charge in [0, 0.05) is 27.6 Å². The number of rotatable bonds is 2. The zero-order valence-electron chi connectivity index (χ0n) is 11.3. The quantitative estimate of drug-likeness (QED) is 0.731. The number of nitrogens with zero attached hydrogens (tertiary/aromatic N) is 1. The molecule has 1 fully saturated rings. The van der Waals surface area contributed by atoms with Crippen LogP contribution in [0.4, 0.5) is 0 Å². The summed E-state index contributed by atoms with van der Waals surface area (Å²) >= 11 is 15.5. The summed E-state index contributed by atoms with van der Waals surface area (Å²) in [5.41, 5.74) is 0.588. The number of thioether (sulfide) groups is 1. The molecular weight excluding hydrogens is 345 g/mol. The van der Waals surface area contributed by atoms with Gasteiger partial charge in [0.2, 0.25) is 0 Å². The molecule has 1 aromatic carbocycles. The van der Waals surface area contributed by atoms with E-state index in [1.165, 1.54) is 9.75 Å². The van der Waals surface area contributed by atoms with Crippen molar-refractivity contribution in [3.63, 3.8) is 0 Å². The third-order valence-electron chi connectivity index (χ3n) is 3.32. The van der Waals surface area contributed by atoms with Crippen LogP contribution in [0, 0.1) is 6.92 Å². The Balaban J connectivity index is 1.87. The molecule has 1 amide bonds. The highest BCUT2D eigenvalue weighted by Crippen LogP contribution is 2.41. The van der Waals surface area contributed by atoms with Crippen LogP contribution in [0.2, 0.25) is 10.0 Å². The monoisotopic (exact) mass is 357 g/mol. The van der Waals surface area contributed by atoms with Gasteiger partial charge in [-0.05, 0) is 37.3 Å². The molecule has 1 saturated heterocycles. The molecule has 6 heteroatoms. The molecule has 2 aromatic rings. The molecule has 1 aliphatic heterocycles. The summed E-state index contributed by atoms with van der Waals surface area (Å²) in [5.74, 6) is 0.962. The SMILES string of the molecule is Cc1ccc([C@H]2SCCN2C(=O)c2ccc(Cl)c(Cl)c2)s1. The van der Waals surface area contributed by atoms with Gasteiger partial charge in [-0.2, -0.15) is 0 Å². The van der Waals surface area contributed by atoms with Crippen LogP contribution in [0.25, 0.3) is 0 Å². The predicted octanol–water partition coefficient (Wildman–Crippen LogP) is 5.25. The van der Waals surface area contributed by atoms with E-state index in [2.05, 4.69) is 19.1 Å². The number of amides is 1. The molecule has 0 aliphatic carbocycles. The van der Waals surface area contributed by atoms with Crippen LogP contribution in [0.15, 0.2) is 30.3 Å². The molecule has 21 heavy (non-hydrogen) atoms. The highest BCUT2D eigenvalue weighted by Gasteiger charge is 2.32. The van der Waals surface area contributed by atoms with Gasteiger partial charge in [-0.25, -0.2) is 0 Å². The summed E-state index contributed by atoms with van der Waals surface area (Å²) in [5, 5.41) is 0.984. The first-order valence-electron chi connectivity index (χ1n) is 6.50. The number of aryl methyl sites for hydroxylation is 1. The standard InChI is InChI=1S/C15H13Cl2NOS2/c1-9-2-5-13(21-9)15-18(6-7-20-15)14(19)10-3-4-11(16)12(17)8-10/h2-5,8,15H,6-7H2,1H3/t15-/m1/s1. The average Bonchev–Trinajstić information content (AvgIpc) is 3.09. The summed E-state index contributed by atoms with van der Waals surface area (Å²) in [7, 11) is 0. The van der Waals surface area contributed by atoms with E-state index in [0.29, 0.717) is 15.6 Å². The highest BCUT2D eigenvalue weighted by molar-refractivity contribution is 7.99. The minimum atomic E-state index is 0.00891. The summed E-state index contributed by atoms with van der Waals surface area (Å²) < 4.78 is 0. The van der Waals surface area contributed by atoms with Gasteiger partial charge >= 0.3 is 0 Å². The maximum absolute atomic E-state index is 12.7. The fraction of sp³-hybridized carbons (Fsp3) is 0.267. The van der Waals surface area contributed by atoms with Crippen molar-refractivity contribution in [3.05, 3.63) is 55.7 Å². The van der Waals surface area contributed by atoms with Gasteiger partial charge in [-0.15, -0.1) is 23.1 Å². The number of hydrogen-bond donors (Lipinski definition) is 0. The lowest BCUT2D eigenvalue weighted by Gasteiger charge is -2.23. The van der Waals surface area contributed by atoms with Gasteiger partial charge in [0.05, 0.1) is 10.0 Å². The Morgan fingerprint density at radius 1 is 1.24 bits per heavy atom. The molecule has 1 aliphatic rings. The number of hydrogen-bond acceptors (Lipinski definition) is 3. The number of thiophene rings is 1. The van der Waals surface area contributed by atoms with Crippen LogP contribution in [0.5, 0.6) is 0 Å². The maximum Gasteiger partial charge on any atom is 0.255 e. The Labute approximate surface area is 142 Å². The molecule has 0 saturated carbocycles. The van der Waals surface area contributed by atoms with Gasteiger partial charge < -0.3 is 4.90 Å². The van der Waals surface area contributed by atoms with Crippen LogP contribution in [-0.2, 0) is 0 Å². The van der Waals surface area contributed by atoms with Crippen LogP contribution in [0.1, 0.15) is 25.5 Å². The van der Waals surface area contributed by atoms with Crippen molar-refractivity contribution in [1.82, 2.24) is 4.90 Å². The summed E-state index contributed by atoms with van der Waals surface area (Å²) in [6, 6.07) is 9.26. The second-order valence-corrected chi connectivity index (χ2v) is 8.12. The Morgan fingerprint density at radius 3 is 2.71 bits per heavy atom. The largest absolute Gasteiger partial charge is 0.321 e. The van der Waals surface area contributed by atoms with Crippen molar-refractivity contribution in [2.24, 2.45) is 0 Å². The molecule has 110 valence electrons. The lowest BCUT2D eigenvalue weighted by atomic mass is 10.2. The Morgan fingerprint density at radius 2 is 2.05 bits per heavy atom. The Kier molecular flexibility index (Phi) is 4.50. The Bertz CT molecular complexity index is 686. The maximum atomic E-state index is 12.7. The topological polar surface area (TPSA) is 20.3 Å². The molecule has 2 heterocycles. The van der Waals surface area contributed by atoms with E-state index in [4.69, 9.17) is 23.2 Å². The molecule has 0 N–H and O–H groups in total. The van der Waals surface area contributed by atoms with Crippen LogP contribution in [0.3, 0.4) is 0 Å². The van der Waals surface area contributed by atoms with E-state index in [9.17, 15) is 4.79 Å².